The van der Waals surface area contributed by atoms with Crippen molar-refractivity contribution >= 4 is 0 Å². The van der Waals surface area contributed by atoms with Crippen molar-refractivity contribution in [3.8, 4) is 0 Å². The van der Waals surface area contributed by atoms with Crippen LogP contribution >= 0.6 is 0 Å². The van der Waals surface area contributed by atoms with Crippen LogP contribution < -0.4 is 5.32 Å². The van der Waals surface area contributed by atoms with Gasteiger partial charge in [0.2, 0.25) is 0 Å². The molecule has 2 bridgehead atoms. The summed E-state index contributed by atoms with van der Waals surface area (Å²) in [6, 6.07) is 10.1. The lowest BCUT2D eigenvalue weighted by atomic mass is 10.0. The van der Waals surface area contributed by atoms with E-state index in [2.05, 4.69) is 36.5 Å². The number of piperidine rings is 1. The Morgan fingerprint density at radius 2 is 2.00 bits per heavy atom. The van der Waals surface area contributed by atoms with E-state index in [-0.39, 0.29) is 0 Å². The van der Waals surface area contributed by atoms with Crippen LogP contribution in [0.2, 0.25) is 0 Å². The highest BCUT2D eigenvalue weighted by Gasteiger charge is 2.33. The molecule has 2 heteroatoms. The molecule has 2 heterocycles. The fourth-order valence-corrected chi connectivity index (χ4v) is 3.16. The van der Waals surface area contributed by atoms with E-state index in [4.69, 9.17) is 4.74 Å². The van der Waals surface area contributed by atoms with Gasteiger partial charge in [-0.25, -0.2) is 0 Å². The molecule has 2 saturated heterocycles. The summed E-state index contributed by atoms with van der Waals surface area (Å²) in [4.78, 5) is 0. The third-order valence-electron chi connectivity index (χ3n) is 4.00. The Bertz CT molecular complexity index is 378. The number of rotatable bonds is 3. The number of ether oxygens (including phenoxy) is 1. The largest absolute Gasteiger partial charge is 0.373 e. The summed E-state index contributed by atoms with van der Waals surface area (Å²) in [5, 5.41) is 3.65. The van der Waals surface area contributed by atoms with Crippen LogP contribution in [0.3, 0.4) is 0 Å². The molecule has 17 heavy (non-hydrogen) atoms. The number of fused-ring (bicyclic) bond motifs is 2. The van der Waals surface area contributed by atoms with Crippen LogP contribution in [0.4, 0.5) is 0 Å². The molecule has 0 aromatic heterocycles. The highest BCUT2D eigenvalue weighted by molar-refractivity contribution is 5.21. The molecule has 2 atom stereocenters. The molecule has 2 fully saturated rings. The summed E-state index contributed by atoms with van der Waals surface area (Å²) in [6.07, 6.45) is 5.54. The molecule has 1 N–H and O–H groups in total. The predicted octanol–water partition coefficient (Wildman–Crippen LogP) is 2.79. The first-order chi connectivity index (χ1) is 8.29. The zero-order chi connectivity index (χ0) is 11.7. The summed E-state index contributed by atoms with van der Waals surface area (Å²) in [5.41, 5.74) is 2.62. The van der Waals surface area contributed by atoms with Gasteiger partial charge in [0.05, 0.1) is 12.7 Å². The molecular formula is C15H21NO. The van der Waals surface area contributed by atoms with E-state index >= 15 is 0 Å². The topological polar surface area (TPSA) is 21.3 Å². The zero-order valence-electron chi connectivity index (χ0n) is 10.5. The first kappa shape index (κ1) is 11.2. The van der Waals surface area contributed by atoms with Gasteiger partial charge in [0.15, 0.2) is 0 Å². The second-order valence-electron chi connectivity index (χ2n) is 5.53. The molecule has 1 aromatic rings. The van der Waals surface area contributed by atoms with Gasteiger partial charge in [0.1, 0.15) is 0 Å². The third-order valence-corrected chi connectivity index (χ3v) is 4.00. The Labute approximate surface area is 103 Å². The van der Waals surface area contributed by atoms with Crippen molar-refractivity contribution in [2.75, 3.05) is 0 Å². The first-order valence-corrected chi connectivity index (χ1v) is 6.73. The van der Waals surface area contributed by atoms with Gasteiger partial charge in [-0.1, -0.05) is 29.8 Å². The van der Waals surface area contributed by atoms with Crippen LogP contribution in [0.5, 0.6) is 0 Å². The van der Waals surface area contributed by atoms with Gasteiger partial charge < -0.3 is 10.1 Å². The molecule has 0 radical (unpaired) electrons. The monoisotopic (exact) mass is 231 g/mol. The molecule has 2 nitrogen and oxygen atoms in total. The molecule has 0 saturated carbocycles. The Kier molecular flexibility index (Phi) is 3.17. The summed E-state index contributed by atoms with van der Waals surface area (Å²) < 4.78 is 6.06. The quantitative estimate of drug-likeness (QED) is 0.863. The molecular weight excluding hydrogens is 210 g/mol. The Hall–Kier alpha value is -0.860. The molecule has 0 spiro atoms. The minimum Gasteiger partial charge on any atom is -0.373 e. The van der Waals surface area contributed by atoms with Crippen LogP contribution in [0.15, 0.2) is 24.3 Å². The van der Waals surface area contributed by atoms with E-state index in [1.807, 2.05) is 0 Å². The van der Waals surface area contributed by atoms with Crippen molar-refractivity contribution in [3.05, 3.63) is 35.4 Å². The number of hydrogen-bond donors (Lipinski definition) is 1. The van der Waals surface area contributed by atoms with Gasteiger partial charge in [-0.3, -0.25) is 0 Å². The third kappa shape index (κ3) is 2.70. The molecule has 2 aliphatic heterocycles. The fourth-order valence-electron chi connectivity index (χ4n) is 3.16. The summed E-state index contributed by atoms with van der Waals surface area (Å²) in [6.45, 7) is 2.90. The number of benzene rings is 1. The average molecular weight is 231 g/mol. The maximum atomic E-state index is 6.06. The van der Waals surface area contributed by atoms with Crippen LogP contribution in [0, 0.1) is 6.92 Å². The molecule has 2 unspecified atom stereocenters. The van der Waals surface area contributed by atoms with Crippen molar-refractivity contribution in [3.63, 3.8) is 0 Å². The summed E-state index contributed by atoms with van der Waals surface area (Å²) in [7, 11) is 0. The van der Waals surface area contributed by atoms with E-state index in [1.165, 1.54) is 36.8 Å². The lowest BCUT2D eigenvalue weighted by Crippen LogP contribution is -2.41. The van der Waals surface area contributed by atoms with E-state index in [0.717, 1.165) is 18.7 Å². The SMILES string of the molecule is Cc1cccc(COC2CC3CCC(C2)N3)c1. The van der Waals surface area contributed by atoms with Gasteiger partial charge in [0.25, 0.3) is 0 Å². The van der Waals surface area contributed by atoms with E-state index < -0.39 is 0 Å². The van der Waals surface area contributed by atoms with Gasteiger partial charge in [-0.15, -0.1) is 0 Å². The zero-order valence-corrected chi connectivity index (χ0v) is 10.5. The van der Waals surface area contributed by atoms with Crippen molar-refractivity contribution in [1.82, 2.24) is 5.32 Å². The van der Waals surface area contributed by atoms with Crippen molar-refractivity contribution in [2.45, 2.75) is 57.4 Å². The summed E-state index contributed by atoms with van der Waals surface area (Å²) >= 11 is 0. The summed E-state index contributed by atoms with van der Waals surface area (Å²) in [5.74, 6) is 0. The van der Waals surface area contributed by atoms with Gasteiger partial charge >= 0.3 is 0 Å². The second-order valence-corrected chi connectivity index (χ2v) is 5.53. The molecule has 3 rings (SSSR count). The van der Waals surface area contributed by atoms with Gasteiger partial charge in [0, 0.05) is 12.1 Å². The van der Waals surface area contributed by atoms with E-state index in [1.54, 1.807) is 0 Å². The maximum absolute atomic E-state index is 6.06. The Balaban J connectivity index is 1.54. The predicted molar refractivity (Wildman–Crippen MR) is 68.9 cm³/mol. The normalized spacial score (nSPS) is 31.7. The first-order valence-electron chi connectivity index (χ1n) is 6.73. The Morgan fingerprint density at radius 1 is 1.24 bits per heavy atom. The number of nitrogens with one attached hydrogen (secondary N) is 1. The van der Waals surface area contributed by atoms with E-state index in [0.29, 0.717) is 6.10 Å². The molecule has 0 amide bonds. The average Bonchev–Trinajstić information content (AvgIpc) is 2.66. The lowest BCUT2D eigenvalue weighted by molar-refractivity contribution is 0.00915. The van der Waals surface area contributed by atoms with Gasteiger partial charge in [-0.2, -0.15) is 0 Å². The van der Waals surface area contributed by atoms with Crippen molar-refractivity contribution in [2.24, 2.45) is 0 Å². The van der Waals surface area contributed by atoms with Crippen molar-refractivity contribution in [1.29, 1.82) is 0 Å². The minimum atomic E-state index is 0.467. The smallest absolute Gasteiger partial charge is 0.0720 e. The number of hydrogen-bond acceptors (Lipinski definition) is 2. The molecule has 92 valence electrons. The fraction of sp³-hybridized carbons (Fsp3) is 0.600. The highest BCUT2D eigenvalue weighted by Crippen LogP contribution is 2.28. The van der Waals surface area contributed by atoms with Crippen molar-refractivity contribution < 1.29 is 4.74 Å². The molecule has 1 aromatic carbocycles. The lowest BCUT2D eigenvalue weighted by Gasteiger charge is -2.29. The minimum absolute atomic E-state index is 0.467. The Morgan fingerprint density at radius 3 is 2.71 bits per heavy atom. The highest BCUT2D eigenvalue weighted by atomic mass is 16.5. The van der Waals surface area contributed by atoms with Crippen LogP contribution in [-0.2, 0) is 11.3 Å². The standard InChI is InChI=1S/C15H21NO/c1-11-3-2-4-12(7-11)10-17-15-8-13-5-6-14(9-15)16-13/h2-4,7,13-16H,5-6,8-10H2,1H3. The van der Waals surface area contributed by atoms with Crippen LogP contribution in [-0.4, -0.2) is 18.2 Å². The van der Waals surface area contributed by atoms with Crippen LogP contribution in [0.25, 0.3) is 0 Å². The molecule has 0 aliphatic carbocycles. The molecule has 2 aliphatic rings. The van der Waals surface area contributed by atoms with Gasteiger partial charge in [-0.05, 0) is 38.2 Å². The number of aryl methyl sites for hydroxylation is 1. The van der Waals surface area contributed by atoms with Crippen LogP contribution in [0.1, 0.15) is 36.8 Å². The van der Waals surface area contributed by atoms with E-state index in [9.17, 15) is 0 Å². The maximum Gasteiger partial charge on any atom is 0.0720 e. The second kappa shape index (κ2) is 4.79.